The molecular weight excluding hydrogens is 306 g/mol. The van der Waals surface area contributed by atoms with Gasteiger partial charge >= 0.3 is 5.97 Å². The van der Waals surface area contributed by atoms with Crippen molar-refractivity contribution < 1.29 is 19.4 Å². The van der Waals surface area contributed by atoms with Crippen LogP contribution in [0.1, 0.15) is 45.1 Å². The van der Waals surface area contributed by atoms with Gasteiger partial charge in [-0.3, -0.25) is 9.59 Å². The van der Waals surface area contributed by atoms with Crippen LogP contribution in [-0.4, -0.2) is 30.1 Å². The Morgan fingerprint density at radius 3 is 2.71 bits per heavy atom. The zero-order chi connectivity index (χ0) is 17.4. The Labute approximate surface area is 142 Å². The van der Waals surface area contributed by atoms with Gasteiger partial charge in [0.05, 0.1) is 12.0 Å². The van der Waals surface area contributed by atoms with E-state index in [0.29, 0.717) is 19.4 Å². The van der Waals surface area contributed by atoms with Gasteiger partial charge < -0.3 is 15.2 Å². The average Bonchev–Trinajstić information content (AvgIpc) is 3.31. The van der Waals surface area contributed by atoms with E-state index in [9.17, 15) is 14.7 Å². The van der Waals surface area contributed by atoms with E-state index < -0.39 is 11.4 Å². The lowest BCUT2D eigenvalue weighted by atomic mass is 9.82. The molecule has 0 unspecified atom stereocenters. The van der Waals surface area contributed by atoms with Crippen LogP contribution < -0.4 is 10.1 Å². The number of carbonyl (C=O) groups excluding carboxylic acids is 1. The molecule has 24 heavy (non-hydrogen) atoms. The maximum Gasteiger partial charge on any atom is 0.311 e. The molecule has 1 spiro atoms. The summed E-state index contributed by atoms with van der Waals surface area (Å²) in [4.78, 5) is 24.2. The van der Waals surface area contributed by atoms with Gasteiger partial charge in [0.2, 0.25) is 5.91 Å². The van der Waals surface area contributed by atoms with Crippen LogP contribution in [0.2, 0.25) is 0 Å². The summed E-state index contributed by atoms with van der Waals surface area (Å²) in [5, 5.41) is 12.4. The van der Waals surface area contributed by atoms with Gasteiger partial charge in [-0.25, -0.2) is 0 Å². The van der Waals surface area contributed by atoms with Gasteiger partial charge in [-0.2, -0.15) is 0 Å². The van der Waals surface area contributed by atoms with Crippen LogP contribution in [0, 0.1) is 11.3 Å². The van der Waals surface area contributed by atoms with Gasteiger partial charge in [-0.05, 0) is 31.7 Å². The highest BCUT2D eigenvalue weighted by molar-refractivity contribution is 5.85. The maximum absolute atomic E-state index is 12.6. The third kappa shape index (κ3) is 2.56. The van der Waals surface area contributed by atoms with Crippen molar-refractivity contribution in [3.63, 3.8) is 0 Å². The predicted octanol–water partition coefficient (Wildman–Crippen LogP) is 2.73. The van der Waals surface area contributed by atoms with Crippen LogP contribution in [0.25, 0.3) is 0 Å². The van der Waals surface area contributed by atoms with Crippen LogP contribution >= 0.6 is 0 Å². The fraction of sp³-hybridized carbons (Fsp3) is 0.579. The van der Waals surface area contributed by atoms with Crippen LogP contribution in [-0.2, 0) is 15.0 Å². The molecule has 2 atom stereocenters. The Bertz CT molecular complexity index is 653. The smallest absolute Gasteiger partial charge is 0.311 e. The topological polar surface area (TPSA) is 75.6 Å². The summed E-state index contributed by atoms with van der Waals surface area (Å²) in [6.45, 7) is 4.54. The largest absolute Gasteiger partial charge is 0.493 e. The lowest BCUT2D eigenvalue weighted by Gasteiger charge is -2.28. The summed E-state index contributed by atoms with van der Waals surface area (Å²) in [7, 11) is 0. The monoisotopic (exact) mass is 331 g/mol. The van der Waals surface area contributed by atoms with E-state index in [1.807, 2.05) is 38.1 Å². The third-order valence-electron chi connectivity index (χ3n) is 6.03. The molecule has 0 bridgehead atoms. The van der Waals surface area contributed by atoms with Gasteiger partial charge in [0.25, 0.3) is 0 Å². The molecule has 0 radical (unpaired) electrons. The summed E-state index contributed by atoms with van der Waals surface area (Å²) >= 11 is 0. The van der Waals surface area contributed by atoms with Gasteiger partial charge in [0, 0.05) is 23.4 Å². The second-order valence-electron chi connectivity index (χ2n) is 7.02. The zero-order valence-electron chi connectivity index (χ0n) is 14.3. The van der Waals surface area contributed by atoms with Crippen molar-refractivity contribution in [1.29, 1.82) is 0 Å². The highest BCUT2D eigenvalue weighted by atomic mass is 16.5. The van der Waals surface area contributed by atoms with Crippen LogP contribution in [0.3, 0.4) is 0 Å². The molecule has 2 aliphatic rings. The van der Waals surface area contributed by atoms with E-state index in [4.69, 9.17) is 4.74 Å². The molecule has 1 fully saturated rings. The number of fused-ring (bicyclic) bond motifs is 2. The third-order valence-corrected chi connectivity index (χ3v) is 6.03. The van der Waals surface area contributed by atoms with Gasteiger partial charge in [-0.1, -0.05) is 32.0 Å². The quantitative estimate of drug-likeness (QED) is 0.840. The Morgan fingerprint density at radius 2 is 2.04 bits per heavy atom. The van der Waals surface area contributed by atoms with E-state index in [-0.39, 0.29) is 23.8 Å². The Morgan fingerprint density at radius 1 is 1.33 bits per heavy atom. The minimum absolute atomic E-state index is 0.0285. The first-order chi connectivity index (χ1) is 11.5. The summed E-state index contributed by atoms with van der Waals surface area (Å²) in [5.74, 6) is -0.0715. The number of carboxylic acid groups (broad SMARTS) is 1. The molecule has 5 nitrogen and oxygen atoms in total. The molecule has 3 rings (SSSR count). The van der Waals surface area contributed by atoms with Crippen molar-refractivity contribution in [2.24, 2.45) is 11.3 Å². The van der Waals surface area contributed by atoms with Crippen molar-refractivity contribution in [1.82, 2.24) is 5.32 Å². The maximum atomic E-state index is 12.6. The number of amides is 1. The van der Waals surface area contributed by atoms with Gasteiger partial charge in [-0.15, -0.1) is 0 Å². The highest BCUT2D eigenvalue weighted by Gasteiger charge is 2.61. The molecule has 130 valence electrons. The first kappa shape index (κ1) is 16.8. The molecule has 1 aliphatic carbocycles. The first-order valence-electron chi connectivity index (χ1n) is 8.72. The van der Waals surface area contributed by atoms with E-state index in [1.165, 1.54) is 0 Å². The number of para-hydroxylation sites is 1. The molecule has 1 aliphatic heterocycles. The molecule has 1 aromatic rings. The fourth-order valence-corrected chi connectivity index (χ4v) is 3.96. The molecule has 5 heteroatoms. The lowest BCUT2D eigenvalue weighted by molar-refractivity contribution is -0.149. The fourth-order valence-electron chi connectivity index (χ4n) is 3.96. The second kappa shape index (κ2) is 6.11. The molecule has 1 heterocycles. The minimum Gasteiger partial charge on any atom is -0.493 e. The second-order valence-corrected chi connectivity index (χ2v) is 7.02. The number of hydrogen-bond donors (Lipinski definition) is 2. The van der Waals surface area contributed by atoms with Crippen molar-refractivity contribution in [2.45, 2.75) is 44.9 Å². The Hall–Kier alpha value is -2.04. The number of rotatable bonds is 6. The molecule has 0 saturated heterocycles. The van der Waals surface area contributed by atoms with Crippen LogP contribution in [0.4, 0.5) is 0 Å². The predicted molar refractivity (Wildman–Crippen MR) is 90.0 cm³/mol. The number of benzene rings is 1. The van der Waals surface area contributed by atoms with E-state index in [2.05, 4.69) is 5.32 Å². The molecule has 0 aromatic heterocycles. The van der Waals surface area contributed by atoms with E-state index in [0.717, 1.165) is 24.2 Å². The number of aliphatic carboxylic acids is 1. The van der Waals surface area contributed by atoms with Crippen molar-refractivity contribution in [2.75, 3.05) is 13.2 Å². The highest BCUT2D eigenvalue weighted by Crippen LogP contribution is 2.60. The summed E-state index contributed by atoms with van der Waals surface area (Å²) in [6, 6.07) is 7.92. The van der Waals surface area contributed by atoms with Crippen molar-refractivity contribution in [3.05, 3.63) is 29.8 Å². The standard InChI is InChI=1S/C19H25NO4/c1-3-18(4-2,17(22)23)12-20-16(21)14-11-19(14)9-10-24-15-8-6-5-7-13(15)19/h5-8,14H,3-4,9-12H2,1-2H3,(H,20,21)(H,22,23)/t14-,19-/m0/s1. The van der Waals surface area contributed by atoms with E-state index in [1.54, 1.807) is 0 Å². The Kier molecular flexibility index (Phi) is 4.28. The number of nitrogens with one attached hydrogen (secondary N) is 1. The normalized spacial score (nSPS) is 24.8. The van der Waals surface area contributed by atoms with Crippen LogP contribution in [0.15, 0.2) is 24.3 Å². The van der Waals surface area contributed by atoms with Gasteiger partial charge in [0.15, 0.2) is 0 Å². The molecule has 1 amide bonds. The zero-order valence-corrected chi connectivity index (χ0v) is 14.3. The molecule has 1 saturated carbocycles. The van der Waals surface area contributed by atoms with E-state index >= 15 is 0 Å². The number of hydrogen-bond acceptors (Lipinski definition) is 3. The SMILES string of the molecule is CCC(CC)(CNC(=O)[C@@H]1C[C@]12CCOc1ccccc12)C(=O)O. The molecular formula is C19H25NO4. The van der Waals surface area contributed by atoms with Gasteiger partial charge in [0.1, 0.15) is 5.75 Å². The molecule has 1 aromatic carbocycles. The summed E-state index contributed by atoms with van der Waals surface area (Å²) in [5.41, 5.74) is 0.126. The number of carbonyl (C=O) groups is 2. The van der Waals surface area contributed by atoms with Crippen molar-refractivity contribution in [3.8, 4) is 5.75 Å². The average molecular weight is 331 g/mol. The summed E-state index contributed by atoms with van der Waals surface area (Å²) < 4.78 is 5.70. The first-order valence-corrected chi connectivity index (χ1v) is 8.72. The summed E-state index contributed by atoms with van der Waals surface area (Å²) in [6.07, 6.45) is 2.67. The lowest BCUT2D eigenvalue weighted by Crippen LogP contribution is -2.43. The molecule has 2 N–H and O–H groups in total. The Balaban J connectivity index is 1.70. The van der Waals surface area contributed by atoms with Crippen molar-refractivity contribution >= 4 is 11.9 Å². The minimum atomic E-state index is -0.870. The number of carboxylic acids is 1. The number of ether oxygens (including phenoxy) is 1. The van der Waals surface area contributed by atoms with Crippen LogP contribution in [0.5, 0.6) is 5.75 Å².